The van der Waals surface area contributed by atoms with Crippen LogP contribution in [-0.2, 0) is 0 Å². The number of hydrogen-bond acceptors (Lipinski definition) is 4. The molecule has 2 N–H and O–H groups in total. The molecule has 1 aliphatic heterocycles. The van der Waals surface area contributed by atoms with Crippen molar-refractivity contribution in [3.63, 3.8) is 0 Å². The maximum atomic E-state index is 13.4. The van der Waals surface area contributed by atoms with Gasteiger partial charge in [-0.15, -0.1) is 24.0 Å². The summed E-state index contributed by atoms with van der Waals surface area (Å²) in [4.78, 5) is 9.78. The van der Waals surface area contributed by atoms with Crippen molar-refractivity contribution in [1.82, 2.24) is 20.4 Å². The van der Waals surface area contributed by atoms with Gasteiger partial charge in [-0.1, -0.05) is 19.9 Å². The second-order valence-corrected chi connectivity index (χ2v) is 7.53. The smallest absolute Gasteiger partial charge is 0.191 e. The number of aliphatic imine (C=N–C) groups is 1. The van der Waals surface area contributed by atoms with E-state index in [1.54, 1.807) is 12.1 Å². The zero-order valence-corrected chi connectivity index (χ0v) is 21.2. The zero-order valence-electron chi connectivity index (χ0n) is 18.9. The Bertz CT molecular complexity index is 625. The molecule has 1 heterocycles. The van der Waals surface area contributed by atoms with Crippen molar-refractivity contribution in [1.29, 1.82) is 0 Å². The van der Waals surface area contributed by atoms with E-state index in [9.17, 15) is 4.39 Å². The van der Waals surface area contributed by atoms with Gasteiger partial charge in [0.1, 0.15) is 17.7 Å². The summed E-state index contributed by atoms with van der Waals surface area (Å²) in [5, 5.41) is 6.68. The van der Waals surface area contributed by atoms with Gasteiger partial charge < -0.3 is 20.3 Å². The van der Waals surface area contributed by atoms with Crippen molar-refractivity contribution in [2.45, 2.75) is 46.3 Å². The lowest BCUT2D eigenvalue weighted by molar-refractivity contribution is 0.109. The quantitative estimate of drug-likeness (QED) is 0.274. The zero-order chi connectivity index (χ0) is 21.1. The molecule has 0 spiro atoms. The monoisotopic (exact) mass is 535 g/mol. The molecule has 1 saturated heterocycles. The largest absolute Gasteiger partial charge is 0.489 e. The summed E-state index contributed by atoms with van der Waals surface area (Å²) in [7, 11) is 0. The summed E-state index contributed by atoms with van der Waals surface area (Å²) in [5.74, 6) is 1.07. The van der Waals surface area contributed by atoms with Crippen LogP contribution in [0.4, 0.5) is 4.39 Å². The van der Waals surface area contributed by atoms with Crippen LogP contribution >= 0.6 is 24.0 Å². The van der Waals surface area contributed by atoms with E-state index >= 15 is 0 Å². The van der Waals surface area contributed by atoms with Crippen molar-refractivity contribution in [2.75, 3.05) is 52.4 Å². The van der Waals surface area contributed by atoms with E-state index in [0.717, 1.165) is 58.2 Å². The maximum Gasteiger partial charge on any atom is 0.191 e. The van der Waals surface area contributed by atoms with E-state index in [0.29, 0.717) is 18.3 Å². The van der Waals surface area contributed by atoms with Gasteiger partial charge in [0.25, 0.3) is 0 Å². The van der Waals surface area contributed by atoms with Gasteiger partial charge in [0, 0.05) is 44.8 Å². The highest BCUT2D eigenvalue weighted by Gasteiger charge is 2.20. The van der Waals surface area contributed by atoms with Crippen LogP contribution in [0.5, 0.6) is 5.75 Å². The van der Waals surface area contributed by atoms with E-state index < -0.39 is 0 Å². The van der Waals surface area contributed by atoms with Gasteiger partial charge in [-0.2, -0.15) is 0 Å². The third-order valence-corrected chi connectivity index (χ3v) is 5.39. The lowest BCUT2D eigenvalue weighted by Crippen LogP contribution is -2.50. The second-order valence-electron chi connectivity index (χ2n) is 7.53. The molecule has 2 atom stereocenters. The molecule has 2 unspecified atom stereocenters. The summed E-state index contributed by atoms with van der Waals surface area (Å²) >= 11 is 0. The van der Waals surface area contributed by atoms with Crippen LogP contribution in [0.2, 0.25) is 0 Å². The third kappa shape index (κ3) is 9.34. The van der Waals surface area contributed by atoms with Crippen LogP contribution in [-0.4, -0.2) is 80.3 Å². The predicted octanol–water partition coefficient (Wildman–Crippen LogP) is 3.18. The number of hydrogen-bond donors (Lipinski definition) is 2. The minimum Gasteiger partial charge on any atom is -0.489 e. The van der Waals surface area contributed by atoms with E-state index in [-0.39, 0.29) is 35.9 Å². The lowest BCUT2D eigenvalue weighted by atomic mass is 10.2. The van der Waals surface area contributed by atoms with Gasteiger partial charge in [0.2, 0.25) is 0 Å². The van der Waals surface area contributed by atoms with E-state index in [1.165, 1.54) is 12.1 Å². The van der Waals surface area contributed by atoms with Crippen molar-refractivity contribution in [3.05, 3.63) is 30.1 Å². The first kappa shape index (κ1) is 26.9. The number of halogens is 2. The standard InChI is InChI=1S/C22H38FN5O.HI/c1-5-20(29-21-10-8-9-19(23)15-21)17-26-22(24-6-2)25-16-18(4)28-13-11-27(7-3)12-14-28;/h8-10,15,18,20H,5-7,11-14,16-17H2,1-4H3,(H2,24,25,26);1H. The number of guanidine groups is 1. The first-order valence-electron chi connectivity index (χ1n) is 11.0. The van der Waals surface area contributed by atoms with Crippen molar-refractivity contribution >= 4 is 29.9 Å². The Morgan fingerprint density at radius 3 is 2.50 bits per heavy atom. The van der Waals surface area contributed by atoms with Crippen molar-refractivity contribution in [2.24, 2.45) is 4.99 Å². The molecule has 0 aromatic heterocycles. The highest BCUT2D eigenvalue weighted by atomic mass is 127. The summed E-state index contributed by atoms with van der Waals surface area (Å²) in [6.45, 7) is 16.4. The molecule has 1 aromatic carbocycles. The Balaban J connectivity index is 0.00000450. The van der Waals surface area contributed by atoms with Gasteiger partial charge in [-0.3, -0.25) is 9.89 Å². The third-order valence-electron chi connectivity index (χ3n) is 5.39. The van der Waals surface area contributed by atoms with Crippen LogP contribution in [0.1, 0.15) is 34.1 Å². The number of ether oxygens (including phenoxy) is 1. The maximum absolute atomic E-state index is 13.4. The second kappa shape index (κ2) is 14.8. The Morgan fingerprint density at radius 2 is 1.90 bits per heavy atom. The Morgan fingerprint density at radius 1 is 1.17 bits per heavy atom. The van der Waals surface area contributed by atoms with Gasteiger partial charge in [0.15, 0.2) is 5.96 Å². The van der Waals surface area contributed by atoms with Crippen LogP contribution in [0.15, 0.2) is 29.3 Å². The van der Waals surface area contributed by atoms with Crippen LogP contribution in [0.25, 0.3) is 0 Å². The van der Waals surface area contributed by atoms with E-state index in [4.69, 9.17) is 9.73 Å². The summed E-state index contributed by atoms with van der Waals surface area (Å²) < 4.78 is 19.3. The predicted molar refractivity (Wildman–Crippen MR) is 134 cm³/mol. The molecule has 0 aliphatic carbocycles. The molecule has 1 fully saturated rings. The first-order valence-corrected chi connectivity index (χ1v) is 11.0. The van der Waals surface area contributed by atoms with Gasteiger partial charge >= 0.3 is 0 Å². The SMILES string of the molecule is CCNC(=NCC(C)N1CCN(CC)CC1)NCC(CC)Oc1cccc(F)c1.I. The molecule has 2 rings (SSSR count). The average Bonchev–Trinajstić information content (AvgIpc) is 2.74. The van der Waals surface area contributed by atoms with E-state index in [2.05, 4.69) is 48.1 Å². The van der Waals surface area contributed by atoms with Gasteiger partial charge in [-0.05, 0) is 38.9 Å². The van der Waals surface area contributed by atoms with Gasteiger partial charge in [-0.25, -0.2) is 4.39 Å². The average molecular weight is 535 g/mol. The molecule has 6 nitrogen and oxygen atoms in total. The molecule has 0 radical (unpaired) electrons. The fraction of sp³-hybridized carbons (Fsp3) is 0.682. The van der Waals surface area contributed by atoms with E-state index in [1.807, 2.05) is 0 Å². The molecule has 172 valence electrons. The van der Waals surface area contributed by atoms with Crippen molar-refractivity contribution in [3.8, 4) is 5.75 Å². The van der Waals surface area contributed by atoms with Crippen molar-refractivity contribution < 1.29 is 9.13 Å². The molecular formula is C22H39FIN5O. The molecular weight excluding hydrogens is 496 g/mol. The highest BCUT2D eigenvalue weighted by Crippen LogP contribution is 2.14. The minimum atomic E-state index is -0.283. The normalized spacial score (nSPS) is 17.7. The number of benzene rings is 1. The molecule has 0 bridgehead atoms. The molecule has 30 heavy (non-hydrogen) atoms. The summed E-state index contributed by atoms with van der Waals surface area (Å²) in [6, 6.07) is 6.70. The minimum absolute atomic E-state index is 0. The van der Waals surface area contributed by atoms with Crippen LogP contribution in [0.3, 0.4) is 0 Å². The summed E-state index contributed by atoms with van der Waals surface area (Å²) in [5.41, 5.74) is 0. The fourth-order valence-corrected chi connectivity index (χ4v) is 3.41. The fourth-order valence-electron chi connectivity index (χ4n) is 3.41. The Kier molecular flexibility index (Phi) is 13.3. The molecule has 1 aliphatic rings. The van der Waals surface area contributed by atoms with Crippen LogP contribution in [0, 0.1) is 5.82 Å². The van der Waals surface area contributed by atoms with Crippen LogP contribution < -0.4 is 15.4 Å². The lowest BCUT2D eigenvalue weighted by Gasteiger charge is -2.37. The first-order chi connectivity index (χ1) is 14.0. The molecule has 8 heteroatoms. The van der Waals surface area contributed by atoms with Gasteiger partial charge in [0.05, 0.1) is 13.1 Å². The topological polar surface area (TPSA) is 52.1 Å². The number of nitrogens with one attached hydrogen (secondary N) is 2. The Labute approximate surface area is 198 Å². The molecule has 0 amide bonds. The number of piperazine rings is 1. The summed E-state index contributed by atoms with van der Waals surface area (Å²) in [6.07, 6.45) is 0.765. The molecule has 1 aromatic rings. The number of nitrogens with zero attached hydrogens (tertiary/aromatic N) is 3. The number of likely N-dealkylation sites (N-methyl/N-ethyl adjacent to an activating group) is 1. The highest BCUT2D eigenvalue weighted by molar-refractivity contribution is 14.0. The number of rotatable bonds is 10. The Hall–Kier alpha value is -1.13. The molecule has 0 saturated carbocycles.